The summed E-state index contributed by atoms with van der Waals surface area (Å²) >= 11 is 1.15. The molecule has 0 aliphatic rings. The summed E-state index contributed by atoms with van der Waals surface area (Å²) in [4.78, 5) is 26.3. The van der Waals surface area contributed by atoms with E-state index in [1.165, 1.54) is 12.1 Å². The summed E-state index contributed by atoms with van der Waals surface area (Å²) in [6.07, 6.45) is 1.70. The van der Waals surface area contributed by atoms with Crippen molar-refractivity contribution in [3.63, 3.8) is 0 Å². The third kappa shape index (κ3) is 3.39. The van der Waals surface area contributed by atoms with Crippen molar-refractivity contribution in [2.45, 2.75) is 17.4 Å². The number of thioether (sulfide) groups is 1. The third-order valence-electron chi connectivity index (χ3n) is 4.21. The molecule has 2 aromatic heterocycles. The number of Topliss-reactive ketones (excluding diaryl/α,β-unsaturated/α-hetero) is 1. The van der Waals surface area contributed by atoms with Gasteiger partial charge in [0.2, 0.25) is 5.89 Å². The molecule has 2 aromatic carbocycles. The van der Waals surface area contributed by atoms with E-state index >= 15 is 0 Å². The van der Waals surface area contributed by atoms with Crippen molar-refractivity contribution in [3.05, 3.63) is 70.4 Å². The molecule has 2 heterocycles. The number of aromatic amines is 1. The van der Waals surface area contributed by atoms with Crippen LogP contribution >= 0.6 is 11.8 Å². The lowest BCUT2D eigenvalue weighted by atomic mass is 10.1. The minimum absolute atomic E-state index is 0.0578. The number of non-ortho nitro benzene ring substituents is 1. The zero-order chi connectivity index (χ0) is 19.7. The highest BCUT2D eigenvalue weighted by Crippen LogP contribution is 2.30. The maximum atomic E-state index is 12.8. The molecule has 1 atom stereocenters. The Kier molecular flexibility index (Phi) is 4.66. The fraction of sp³-hybridized carbons (Fsp3) is 0.105. The summed E-state index contributed by atoms with van der Waals surface area (Å²) in [5.74, 6) is 0.107. The average molecular weight is 394 g/mol. The lowest BCUT2D eigenvalue weighted by Crippen LogP contribution is -2.13. The van der Waals surface area contributed by atoms with Crippen LogP contribution in [-0.4, -0.2) is 31.1 Å². The number of nitrogens with one attached hydrogen (secondary N) is 1. The van der Waals surface area contributed by atoms with Crippen LogP contribution in [0.15, 0.2) is 64.4 Å². The number of fused-ring (bicyclic) bond motifs is 1. The Labute approximate surface area is 163 Å². The van der Waals surface area contributed by atoms with Crippen LogP contribution in [0.5, 0.6) is 0 Å². The van der Waals surface area contributed by atoms with Crippen LogP contribution in [0, 0.1) is 10.1 Å². The Morgan fingerprint density at radius 2 is 2.04 bits per heavy atom. The van der Waals surface area contributed by atoms with Crippen molar-refractivity contribution in [3.8, 4) is 11.5 Å². The first-order valence-corrected chi connectivity index (χ1v) is 9.26. The van der Waals surface area contributed by atoms with Crippen LogP contribution in [0.2, 0.25) is 0 Å². The van der Waals surface area contributed by atoms with E-state index in [1.807, 2.05) is 24.3 Å². The van der Waals surface area contributed by atoms with E-state index in [0.717, 1.165) is 22.7 Å². The Morgan fingerprint density at radius 1 is 1.21 bits per heavy atom. The van der Waals surface area contributed by atoms with E-state index in [4.69, 9.17) is 4.42 Å². The van der Waals surface area contributed by atoms with Crippen molar-refractivity contribution in [1.29, 1.82) is 0 Å². The second-order valence-electron chi connectivity index (χ2n) is 6.05. The molecule has 0 amide bonds. The van der Waals surface area contributed by atoms with Crippen molar-refractivity contribution >= 4 is 34.1 Å². The second-order valence-corrected chi connectivity index (χ2v) is 7.34. The number of benzene rings is 2. The highest BCUT2D eigenvalue weighted by molar-refractivity contribution is 8.00. The highest BCUT2D eigenvalue weighted by atomic mass is 32.2. The largest absolute Gasteiger partial charge is 0.411 e. The van der Waals surface area contributed by atoms with Gasteiger partial charge in [0.05, 0.1) is 10.2 Å². The van der Waals surface area contributed by atoms with Gasteiger partial charge in [0.15, 0.2) is 5.78 Å². The summed E-state index contributed by atoms with van der Waals surface area (Å²) in [6, 6.07) is 13.5. The Bertz CT molecular complexity index is 1180. The number of hydrogen-bond acceptors (Lipinski definition) is 7. The van der Waals surface area contributed by atoms with E-state index in [1.54, 1.807) is 25.3 Å². The van der Waals surface area contributed by atoms with Gasteiger partial charge in [-0.1, -0.05) is 36.0 Å². The molecule has 0 saturated heterocycles. The van der Waals surface area contributed by atoms with E-state index in [9.17, 15) is 14.9 Å². The molecular weight excluding hydrogens is 380 g/mol. The molecule has 0 aliphatic carbocycles. The number of para-hydroxylation sites is 1. The average Bonchev–Trinajstić information content (AvgIpc) is 3.34. The smallest absolute Gasteiger partial charge is 0.277 e. The Morgan fingerprint density at radius 3 is 2.86 bits per heavy atom. The zero-order valence-electron chi connectivity index (χ0n) is 14.7. The summed E-state index contributed by atoms with van der Waals surface area (Å²) in [5.41, 5.74) is 1.89. The molecule has 0 saturated carbocycles. The molecule has 1 N–H and O–H groups in total. The molecular formula is C19H14N4O4S. The van der Waals surface area contributed by atoms with E-state index in [-0.39, 0.29) is 22.6 Å². The SMILES string of the molecule is C[C@@H](Sc1nnc(-c2cccc([N+](=O)[O-])c2)o1)C(=O)c1c[nH]c2ccccc12. The first-order valence-electron chi connectivity index (χ1n) is 8.38. The van der Waals surface area contributed by atoms with Gasteiger partial charge in [-0.25, -0.2) is 0 Å². The van der Waals surface area contributed by atoms with Gasteiger partial charge in [-0.3, -0.25) is 14.9 Å². The van der Waals surface area contributed by atoms with Gasteiger partial charge in [0, 0.05) is 40.4 Å². The van der Waals surface area contributed by atoms with Gasteiger partial charge in [0.25, 0.3) is 10.9 Å². The Hall–Kier alpha value is -3.46. The zero-order valence-corrected chi connectivity index (χ0v) is 15.5. The van der Waals surface area contributed by atoms with Crippen LogP contribution in [0.4, 0.5) is 5.69 Å². The molecule has 4 rings (SSSR count). The normalized spacial score (nSPS) is 12.2. The number of ketones is 1. The number of carbonyl (C=O) groups is 1. The number of nitro benzene ring substituents is 1. The number of carbonyl (C=O) groups excluding carboxylic acids is 1. The van der Waals surface area contributed by atoms with Crippen LogP contribution < -0.4 is 0 Å². The molecule has 0 radical (unpaired) electrons. The van der Waals surface area contributed by atoms with Crippen molar-refractivity contribution in [2.75, 3.05) is 0 Å². The van der Waals surface area contributed by atoms with E-state index in [0.29, 0.717) is 11.1 Å². The number of nitrogens with zero attached hydrogens (tertiary/aromatic N) is 3. The highest BCUT2D eigenvalue weighted by Gasteiger charge is 2.22. The third-order valence-corrected chi connectivity index (χ3v) is 5.15. The van der Waals surface area contributed by atoms with Crippen LogP contribution in [0.3, 0.4) is 0 Å². The number of aromatic nitrogens is 3. The van der Waals surface area contributed by atoms with Crippen LogP contribution in [-0.2, 0) is 0 Å². The molecule has 0 spiro atoms. The fourth-order valence-corrected chi connectivity index (χ4v) is 3.58. The van der Waals surface area contributed by atoms with Crippen molar-refractivity contribution in [1.82, 2.24) is 15.2 Å². The predicted octanol–water partition coefficient (Wildman–Crippen LogP) is 4.49. The first-order chi connectivity index (χ1) is 13.5. The second kappa shape index (κ2) is 7.28. The van der Waals surface area contributed by atoms with Gasteiger partial charge in [-0.2, -0.15) is 0 Å². The number of rotatable bonds is 6. The molecule has 9 heteroatoms. The number of nitro groups is 1. The fourth-order valence-electron chi connectivity index (χ4n) is 2.83. The van der Waals surface area contributed by atoms with Crippen LogP contribution in [0.1, 0.15) is 17.3 Å². The quantitative estimate of drug-likeness (QED) is 0.222. The maximum absolute atomic E-state index is 12.8. The van der Waals surface area contributed by atoms with Crippen molar-refractivity contribution < 1.29 is 14.1 Å². The van der Waals surface area contributed by atoms with E-state index in [2.05, 4.69) is 15.2 Å². The van der Waals surface area contributed by atoms with Crippen LogP contribution in [0.25, 0.3) is 22.4 Å². The van der Waals surface area contributed by atoms with Gasteiger partial charge in [-0.05, 0) is 19.1 Å². The van der Waals surface area contributed by atoms with Gasteiger partial charge in [0.1, 0.15) is 0 Å². The first kappa shape index (κ1) is 17.9. The number of H-pyrrole nitrogens is 1. The molecule has 140 valence electrons. The molecule has 4 aromatic rings. The predicted molar refractivity (Wildman–Crippen MR) is 104 cm³/mol. The minimum atomic E-state index is -0.489. The molecule has 28 heavy (non-hydrogen) atoms. The summed E-state index contributed by atoms with van der Waals surface area (Å²) in [5, 5.41) is 19.4. The van der Waals surface area contributed by atoms with Gasteiger partial charge in [-0.15, -0.1) is 10.2 Å². The molecule has 0 aliphatic heterocycles. The monoisotopic (exact) mass is 394 g/mol. The molecule has 0 unspecified atom stereocenters. The molecule has 8 nitrogen and oxygen atoms in total. The molecule has 0 bridgehead atoms. The Balaban J connectivity index is 1.53. The van der Waals surface area contributed by atoms with Gasteiger partial charge < -0.3 is 9.40 Å². The minimum Gasteiger partial charge on any atom is -0.411 e. The van der Waals surface area contributed by atoms with Gasteiger partial charge >= 0.3 is 0 Å². The summed E-state index contributed by atoms with van der Waals surface area (Å²) in [6.45, 7) is 1.77. The summed E-state index contributed by atoms with van der Waals surface area (Å²) in [7, 11) is 0. The summed E-state index contributed by atoms with van der Waals surface area (Å²) < 4.78 is 5.59. The molecule has 0 fully saturated rings. The number of hydrogen-bond donors (Lipinski definition) is 1. The van der Waals surface area contributed by atoms with Crippen molar-refractivity contribution in [2.24, 2.45) is 0 Å². The lowest BCUT2D eigenvalue weighted by Gasteiger charge is -2.06. The standard InChI is InChI=1S/C19H14N4O4S/c1-11(17(24)15-10-20-16-8-3-2-7-14(15)16)28-19-22-21-18(27-19)12-5-4-6-13(9-12)23(25)26/h2-11,20H,1H3/t11-/m1/s1. The lowest BCUT2D eigenvalue weighted by molar-refractivity contribution is -0.384. The van der Waals surface area contributed by atoms with E-state index < -0.39 is 10.2 Å². The topological polar surface area (TPSA) is 115 Å². The maximum Gasteiger partial charge on any atom is 0.277 e.